The summed E-state index contributed by atoms with van der Waals surface area (Å²) >= 11 is 5.77. The number of amides is 1. The maximum atomic E-state index is 12.3. The number of nitrogens with two attached hydrogens (primary N) is 1. The Balaban J connectivity index is 2.62. The van der Waals surface area contributed by atoms with Crippen LogP contribution < -0.4 is 15.8 Å². The minimum atomic E-state index is -0.410. The van der Waals surface area contributed by atoms with Crippen LogP contribution in [0, 0.1) is 0 Å². The van der Waals surface area contributed by atoms with Crippen molar-refractivity contribution in [3.8, 4) is 0 Å². The molecule has 0 fully saturated rings. The number of benzene rings is 1. The van der Waals surface area contributed by atoms with E-state index >= 15 is 0 Å². The Hall–Kier alpha value is -1.11. The van der Waals surface area contributed by atoms with Gasteiger partial charge in [0.05, 0.1) is 12.1 Å². The number of nitrogens with one attached hydrogen (secondary N) is 2. The second-order valence-electron chi connectivity index (χ2n) is 4.79. The van der Waals surface area contributed by atoms with Crippen LogP contribution in [-0.2, 0) is 11.2 Å². The maximum Gasteiger partial charge on any atom is 0.238 e. The van der Waals surface area contributed by atoms with Crippen molar-refractivity contribution in [2.75, 3.05) is 12.0 Å². The van der Waals surface area contributed by atoms with Crippen LogP contribution in [-0.4, -0.2) is 30.0 Å². The quantitative estimate of drug-likeness (QED) is 0.522. The fourth-order valence-corrected chi connectivity index (χ4v) is 2.58. The van der Waals surface area contributed by atoms with E-state index in [0.29, 0.717) is 12.1 Å². The van der Waals surface area contributed by atoms with Gasteiger partial charge >= 0.3 is 0 Å². The van der Waals surface area contributed by atoms with E-state index in [1.807, 2.05) is 36.6 Å². The normalized spacial score (nSPS) is 13.4. The van der Waals surface area contributed by atoms with Crippen molar-refractivity contribution in [3.05, 3.63) is 48.2 Å². The van der Waals surface area contributed by atoms with Crippen LogP contribution in [0.4, 0.5) is 0 Å². The molecule has 0 aliphatic heterocycles. The van der Waals surface area contributed by atoms with Crippen molar-refractivity contribution in [1.82, 2.24) is 10.0 Å². The number of rotatable bonds is 9. The number of carbonyl (C=O) groups excluding carboxylic acids is 1. The fourth-order valence-electron chi connectivity index (χ4n) is 1.91. The first-order valence-corrected chi connectivity index (χ1v) is 8.59. The van der Waals surface area contributed by atoms with Crippen molar-refractivity contribution in [2.45, 2.75) is 24.9 Å². The van der Waals surface area contributed by atoms with E-state index in [9.17, 15) is 4.79 Å². The predicted molar refractivity (Wildman–Crippen MR) is 94.3 cm³/mol. The van der Waals surface area contributed by atoms with Gasteiger partial charge in [0.25, 0.3) is 0 Å². The van der Waals surface area contributed by atoms with Gasteiger partial charge in [0.2, 0.25) is 5.91 Å². The van der Waals surface area contributed by atoms with Gasteiger partial charge in [-0.25, -0.2) is 0 Å². The third kappa shape index (κ3) is 6.46. The third-order valence-electron chi connectivity index (χ3n) is 3.13. The third-order valence-corrected chi connectivity index (χ3v) is 4.09. The highest BCUT2D eigenvalue weighted by atomic mass is 32.2. The molecule has 0 saturated carbocycles. The van der Waals surface area contributed by atoms with Crippen LogP contribution in [0.5, 0.6) is 0 Å². The summed E-state index contributed by atoms with van der Waals surface area (Å²) in [6.07, 6.45) is 3.36. The first-order chi connectivity index (χ1) is 10.1. The van der Waals surface area contributed by atoms with Gasteiger partial charge < -0.3 is 11.1 Å². The lowest BCUT2D eigenvalue weighted by atomic mass is 10.1. The number of carbonyl (C=O) groups is 1. The zero-order chi connectivity index (χ0) is 15.7. The lowest BCUT2D eigenvalue weighted by Crippen LogP contribution is -2.48. The minimum absolute atomic E-state index is 0.119. The molecule has 0 unspecified atom stereocenters. The Morgan fingerprint density at radius 1 is 1.38 bits per heavy atom. The van der Waals surface area contributed by atoms with Crippen molar-refractivity contribution >= 4 is 30.5 Å². The second kappa shape index (κ2) is 9.76. The summed E-state index contributed by atoms with van der Waals surface area (Å²) in [6, 6.07) is 9.20. The zero-order valence-corrected chi connectivity index (χ0v) is 13.9. The molecule has 4 N–H and O–H groups in total. The standard InChI is InChI=1S/C15H23N3OS2/c1-11(16)13(8-9-21-2)17-15(19)14(18-20)10-12-6-4-3-5-7-12/h3-7,13-14,18,20H,1,8-10,16H2,2H3,(H,17,19)/t13-,14-/m0/s1. The molecule has 0 aromatic heterocycles. The van der Waals surface area contributed by atoms with Gasteiger partial charge in [0.1, 0.15) is 0 Å². The molecule has 1 rings (SSSR count). The molecule has 1 aromatic rings. The Morgan fingerprint density at radius 3 is 2.57 bits per heavy atom. The number of thioether (sulfide) groups is 1. The Morgan fingerprint density at radius 2 is 2.05 bits per heavy atom. The monoisotopic (exact) mass is 325 g/mol. The Labute approximate surface area is 136 Å². The van der Waals surface area contributed by atoms with Gasteiger partial charge in [-0.3, -0.25) is 9.52 Å². The smallest absolute Gasteiger partial charge is 0.238 e. The highest BCUT2D eigenvalue weighted by molar-refractivity contribution is 7.98. The summed E-state index contributed by atoms with van der Waals surface area (Å²) in [4.78, 5) is 12.3. The Bertz CT molecular complexity index is 453. The van der Waals surface area contributed by atoms with E-state index in [-0.39, 0.29) is 11.9 Å². The van der Waals surface area contributed by atoms with Gasteiger partial charge in [-0.15, -0.1) is 0 Å². The SMILES string of the molecule is C=C(N)[C@H](CCSC)NC(=O)[C@H](Cc1ccccc1)NS. The summed E-state index contributed by atoms with van der Waals surface area (Å²) in [7, 11) is 0. The molecule has 21 heavy (non-hydrogen) atoms. The van der Waals surface area contributed by atoms with Crippen LogP contribution in [0.1, 0.15) is 12.0 Å². The van der Waals surface area contributed by atoms with Gasteiger partial charge in [-0.2, -0.15) is 11.8 Å². The highest BCUT2D eigenvalue weighted by Gasteiger charge is 2.21. The van der Waals surface area contributed by atoms with Crippen molar-refractivity contribution in [2.24, 2.45) is 5.73 Å². The molecule has 0 radical (unpaired) electrons. The summed E-state index contributed by atoms with van der Waals surface area (Å²) < 4.78 is 2.76. The van der Waals surface area contributed by atoms with Crippen molar-refractivity contribution < 1.29 is 4.79 Å². The summed E-state index contributed by atoms with van der Waals surface area (Å²) in [5.74, 6) is 0.797. The molecule has 6 heteroatoms. The van der Waals surface area contributed by atoms with Gasteiger partial charge in [-0.05, 0) is 30.4 Å². The first kappa shape index (κ1) is 17.9. The fraction of sp³-hybridized carbons (Fsp3) is 0.400. The molecule has 0 heterocycles. The van der Waals surface area contributed by atoms with E-state index in [0.717, 1.165) is 17.7 Å². The lowest BCUT2D eigenvalue weighted by Gasteiger charge is -2.22. The van der Waals surface area contributed by atoms with Crippen LogP contribution in [0.15, 0.2) is 42.6 Å². The molecule has 0 saturated heterocycles. The predicted octanol–water partition coefficient (Wildman–Crippen LogP) is 1.74. The molecular formula is C15H23N3OS2. The van der Waals surface area contributed by atoms with Gasteiger partial charge in [-0.1, -0.05) is 49.7 Å². The average Bonchev–Trinajstić information content (AvgIpc) is 2.49. The number of thiol groups is 1. The Kier molecular flexibility index (Phi) is 8.34. The molecule has 0 bridgehead atoms. The molecule has 0 aliphatic rings. The van der Waals surface area contributed by atoms with Crippen LogP contribution in [0.25, 0.3) is 0 Å². The van der Waals surface area contributed by atoms with E-state index in [1.54, 1.807) is 11.8 Å². The summed E-state index contributed by atoms with van der Waals surface area (Å²) in [5.41, 5.74) is 7.32. The van der Waals surface area contributed by atoms with Gasteiger partial charge in [0.15, 0.2) is 0 Å². The largest absolute Gasteiger partial charge is 0.401 e. The minimum Gasteiger partial charge on any atom is -0.401 e. The first-order valence-electron chi connectivity index (χ1n) is 6.75. The lowest BCUT2D eigenvalue weighted by molar-refractivity contribution is -0.123. The van der Waals surface area contributed by atoms with Crippen molar-refractivity contribution in [1.29, 1.82) is 0 Å². The molecular weight excluding hydrogens is 302 g/mol. The molecule has 116 valence electrons. The van der Waals surface area contributed by atoms with Gasteiger partial charge in [0, 0.05) is 5.70 Å². The number of hydrogen-bond donors (Lipinski definition) is 4. The van der Waals surface area contributed by atoms with E-state index in [4.69, 9.17) is 5.73 Å². The van der Waals surface area contributed by atoms with Crippen LogP contribution >= 0.6 is 24.6 Å². The maximum absolute atomic E-state index is 12.3. The summed E-state index contributed by atoms with van der Waals surface area (Å²) in [5, 5.41) is 2.93. The molecule has 1 amide bonds. The van der Waals surface area contributed by atoms with Crippen molar-refractivity contribution in [3.63, 3.8) is 0 Å². The number of hydrogen-bond acceptors (Lipinski definition) is 5. The van der Waals surface area contributed by atoms with Crippen LogP contribution in [0.3, 0.4) is 0 Å². The second-order valence-corrected chi connectivity index (χ2v) is 6.03. The average molecular weight is 326 g/mol. The molecule has 0 spiro atoms. The van der Waals surface area contributed by atoms with E-state index in [1.165, 1.54) is 0 Å². The summed E-state index contributed by atoms with van der Waals surface area (Å²) in [6.45, 7) is 3.74. The highest BCUT2D eigenvalue weighted by Crippen LogP contribution is 2.08. The molecule has 2 atom stereocenters. The van der Waals surface area contributed by atoms with Crippen LogP contribution in [0.2, 0.25) is 0 Å². The van der Waals surface area contributed by atoms with E-state index < -0.39 is 6.04 Å². The molecule has 1 aromatic carbocycles. The zero-order valence-electron chi connectivity index (χ0n) is 12.2. The molecule has 0 aliphatic carbocycles. The molecule has 4 nitrogen and oxygen atoms in total. The topological polar surface area (TPSA) is 67.1 Å². The van der Waals surface area contributed by atoms with E-state index in [2.05, 4.69) is 29.4 Å².